The molecule has 1 aliphatic carbocycles. The first-order chi connectivity index (χ1) is 15.5. The molecule has 0 aliphatic heterocycles. The molecule has 170 valence electrons. The van der Waals surface area contributed by atoms with Crippen molar-refractivity contribution in [1.82, 2.24) is 15.7 Å². The summed E-state index contributed by atoms with van der Waals surface area (Å²) >= 11 is 0. The van der Waals surface area contributed by atoms with Crippen LogP contribution in [0.3, 0.4) is 0 Å². The number of hydrogen-bond acceptors (Lipinski definition) is 5. The first kappa shape index (κ1) is 23.3. The predicted molar refractivity (Wildman–Crippen MR) is 118 cm³/mol. The van der Waals surface area contributed by atoms with Crippen molar-refractivity contribution in [2.75, 3.05) is 13.2 Å². The molecule has 2 aromatic carbocycles. The second-order valence-electron chi connectivity index (χ2n) is 7.98. The zero-order valence-corrected chi connectivity index (χ0v) is 17.9. The van der Waals surface area contributed by atoms with Gasteiger partial charge >= 0.3 is 0 Å². The molecule has 2 aromatic rings. The fraction of sp³-hybridized carbons (Fsp3) is 0.375. The average Bonchev–Trinajstić information content (AvgIpc) is 3.32. The molecule has 8 heteroatoms. The Bertz CT molecular complexity index is 900. The normalized spacial score (nSPS) is 14.4. The molecule has 0 aromatic heterocycles. The van der Waals surface area contributed by atoms with Crippen molar-refractivity contribution >= 4 is 18.2 Å². The van der Waals surface area contributed by atoms with E-state index in [1.807, 2.05) is 30.3 Å². The van der Waals surface area contributed by atoms with Crippen molar-refractivity contribution in [3.63, 3.8) is 0 Å². The van der Waals surface area contributed by atoms with Crippen molar-refractivity contribution in [3.05, 3.63) is 60.2 Å². The fourth-order valence-corrected chi connectivity index (χ4v) is 3.97. The number of amides is 3. The van der Waals surface area contributed by atoms with Gasteiger partial charge in [0, 0.05) is 5.56 Å². The minimum atomic E-state index is -0.534. The molecule has 8 nitrogen and oxygen atoms in total. The van der Waals surface area contributed by atoms with E-state index in [9.17, 15) is 19.6 Å². The molecular weight excluding hydrogens is 410 g/mol. The Morgan fingerprint density at radius 3 is 2.50 bits per heavy atom. The van der Waals surface area contributed by atoms with E-state index in [0.717, 1.165) is 25.7 Å². The van der Waals surface area contributed by atoms with Crippen LogP contribution in [0, 0.1) is 11.8 Å². The second-order valence-corrected chi connectivity index (χ2v) is 7.98. The van der Waals surface area contributed by atoms with Gasteiger partial charge in [0.05, 0.1) is 19.1 Å². The van der Waals surface area contributed by atoms with E-state index in [-0.39, 0.29) is 25.0 Å². The maximum Gasteiger partial charge on any atom is 0.252 e. The standard InChI is InChI=1S/C24H29N3O5/c28-17-27(31)15-20(13-18-7-4-5-8-18)24(30)26-16-25-23(29)19-9-6-12-22(14-19)32-21-10-2-1-3-11-21/h1-3,6,9-12,14,17-18,20,31H,4-5,7-8,13,15-16H2,(H,25,29)(H,26,30)/t20-/m1/s1. The third-order valence-electron chi connectivity index (χ3n) is 5.58. The maximum atomic E-state index is 12.6. The molecule has 0 unspecified atom stereocenters. The summed E-state index contributed by atoms with van der Waals surface area (Å²) in [6.45, 7) is -0.131. The van der Waals surface area contributed by atoms with Crippen molar-refractivity contribution in [2.45, 2.75) is 32.1 Å². The van der Waals surface area contributed by atoms with Gasteiger partial charge in [-0.25, -0.2) is 5.06 Å². The van der Waals surface area contributed by atoms with Crippen molar-refractivity contribution in [1.29, 1.82) is 0 Å². The van der Waals surface area contributed by atoms with Gasteiger partial charge in [-0.3, -0.25) is 19.6 Å². The summed E-state index contributed by atoms with van der Waals surface area (Å²) in [4.78, 5) is 35.9. The van der Waals surface area contributed by atoms with E-state index in [4.69, 9.17) is 4.74 Å². The molecule has 1 fully saturated rings. The fourth-order valence-electron chi connectivity index (χ4n) is 3.97. The van der Waals surface area contributed by atoms with Gasteiger partial charge in [-0.05, 0) is 42.7 Å². The molecule has 0 spiro atoms. The molecule has 1 aliphatic rings. The van der Waals surface area contributed by atoms with Gasteiger partial charge in [0.2, 0.25) is 12.3 Å². The Labute approximate surface area is 187 Å². The predicted octanol–water partition coefficient (Wildman–Crippen LogP) is 3.33. The van der Waals surface area contributed by atoms with Crippen LogP contribution < -0.4 is 15.4 Å². The number of para-hydroxylation sites is 1. The van der Waals surface area contributed by atoms with E-state index in [2.05, 4.69) is 10.6 Å². The van der Waals surface area contributed by atoms with E-state index >= 15 is 0 Å². The summed E-state index contributed by atoms with van der Waals surface area (Å²) in [7, 11) is 0. The second kappa shape index (κ2) is 11.9. The average molecular weight is 440 g/mol. The molecule has 0 bridgehead atoms. The van der Waals surface area contributed by atoms with Gasteiger partial charge in [0.25, 0.3) is 5.91 Å². The van der Waals surface area contributed by atoms with E-state index in [1.165, 1.54) is 0 Å². The summed E-state index contributed by atoms with van der Waals surface area (Å²) < 4.78 is 5.75. The van der Waals surface area contributed by atoms with Crippen molar-refractivity contribution in [3.8, 4) is 11.5 Å². The Kier molecular flexibility index (Phi) is 8.62. The zero-order chi connectivity index (χ0) is 22.8. The smallest absolute Gasteiger partial charge is 0.252 e. The molecule has 0 heterocycles. The highest BCUT2D eigenvalue weighted by molar-refractivity contribution is 5.94. The third kappa shape index (κ3) is 7.09. The van der Waals surface area contributed by atoms with Gasteiger partial charge in [-0.2, -0.15) is 0 Å². The SMILES string of the molecule is O=CN(O)C[C@@H](CC1CCCC1)C(=O)NCNC(=O)c1cccc(Oc2ccccc2)c1. The first-order valence-corrected chi connectivity index (χ1v) is 10.8. The Balaban J connectivity index is 1.51. The van der Waals surface area contributed by atoms with Crippen LogP contribution in [0.2, 0.25) is 0 Å². The summed E-state index contributed by atoms with van der Waals surface area (Å²) in [5.74, 6) is 0.410. The third-order valence-corrected chi connectivity index (χ3v) is 5.58. The van der Waals surface area contributed by atoms with Crippen LogP contribution in [0.15, 0.2) is 54.6 Å². The van der Waals surface area contributed by atoms with Crippen molar-refractivity contribution in [2.24, 2.45) is 11.8 Å². The van der Waals surface area contributed by atoms with E-state index in [0.29, 0.717) is 40.9 Å². The molecule has 32 heavy (non-hydrogen) atoms. The Morgan fingerprint density at radius 1 is 1.06 bits per heavy atom. The number of hydroxylamine groups is 2. The Hall–Kier alpha value is -3.39. The van der Waals surface area contributed by atoms with E-state index in [1.54, 1.807) is 24.3 Å². The van der Waals surface area contributed by atoms with Crippen LogP contribution in [-0.2, 0) is 9.59 Å². The molecule has 0 radical (unpaired) electrons. The lowest BCUT2D eigenvalue weighted by atomic mass is 9.92. The molecular formula is C24H29N3O5. The lowest BCUT2D eigenvalue weighted by molar-refractivity contribution is -0.155. The molecule has 1 atom stereocenters. The lowest BCUT2D eigenvalue weighted by Crippen LogP contribution is -2.43. The summed E-state index contributed by atoms with van der Waals surface area (Å²) in [5, 5.41) is 15.4. The highest BCUT2D eigenvalue weighted by atomic mass is 16.5. The number of ether oxygens (including phenoxy) is 1. The number of nitrogens with zero attached hydrogens (tertiary/aromatic N) is 1. The maximum absolute atomic E-state index is 12.6. The number of carbonyl (C=O) groups is 3. The molecule has 3 amide bonds. The topological polar surface area (TPSA) is 108 Å². The van der Waals surface area contributed by atoms with Gasteiger partial charge in [0.15, 0.2) is 0 Å². The molecule has 1 saturated carbocycles. The van der Waals surface area contributed by atoms with Gasteiger partial charge in [0.1, 0.15) is 11.5 Å². The lowest BCUT2D eigenvalue weighted by Gasteiger charge is -2.22. The van der Waals surface area contributed by atoms with Crippen LogP contribution in [0.1, 0.15) is 42.5 Å². The molecule has 3 N–H and O–H groups in total. The summed E-state index contributed by atoms with van der Waals surface area (Å²) in [5.41, 5.74) is 0.401. The largest absolute Gasteiger partial charge is 0.457 e. The number of benzene rings is 2. The van der Waals surface area contributed by atoms with E-state index < -0.39 is 5.92 Å². The number of carbonyl (C=O) groups excluding carboxylic acids is 3. The van der Waals surface area contributed by atoms with Crippen LogP contribution in [0.25, 0.3) is 0 Å². The number of nitrogens with one attached hydrogen (secondary N) is 2. The highest BCUT2D eigenvalue weighted by Gasteiger charge is 2.26. The summed E-state index contributed by atoms with van der Waals surface area (Å²) in [6, 6.07) is 16.0. The van der Waals surface area contributed by atoms with Crippen LogP contribution in [0.4, 0.5) is 0 Å². The Morgan fingerprint density at radius 2 is 1.78 bits per heavy atom. The van der Waals surface area contributed by atoms with Crippen LogP contribution in [0.5, 0.6) is 11.5 Å². The van der Waals surface area contributed by atoms with Crippen LogP contribution >= 0.6 is 0 Å². The molecule has 3 rings (SSSR count). The summed E-state index contributed by atoms with van der Waals surface area (Å²) in [6.07, 6.45) is 5.27. The minimum Gasteiger partial charge on any atom is -0.457 e. The molecule has 0 saturated heterocycles. The first-order valence-electron chi connectivity index (χ1n) is 10.8. The van der Waals surface area contributed by atoms with Gasteiger partial charge in [-0.1, -0.05) is 49.9 Å². The van der Waals surface area contributed by atoms with Gasteiger partial charge in [-0.15, -0.1) is 0 Å². The van der Waals surface area contributed by atoms with Gasteiger partial charge < -0.3 is 15.4 Å². The van der Waals surface area contributed by atoms with Crippen molar-refractivity contribution < 1.29 is 24.3 Å². The number of rotatable bonds is 11. The highest BCUT2D eigenvalue weighted by Crippen LogP contribution is 2.30. The van der Waals surface area contributed by atoms with Crippen LogP contribution in [-0.4, -0.2) is 41.7 Å². The number of hydrogen-bond donors (Lipinski definition) is 3. The monoisotopic (exact) mass is 439 g/mol. The zero-order valence-electron chi connectivity index (χ0n) is 17.9. The quantitative estimate of drug-likeness (QED) is 0.215. The minimum absolute atomic E-state index is 0.0604.